The molecular formula is C28H28F3N3O4S. The van der Waals surface area contributed by atoms with E-state index in [1.165, 1.54) is 12.1 Å². The molecule has 206 valence electrons. The SMILES string of the molecule is CCOc1cc2c(cc1C(F)(F)F)NC(=O)CC(c1cccc(-c3cccc(S(=O)(=O)NC(C)(C)C)c3)c1)=N2. The second-order valence-corrected chi connectivity index (χ2v) is 11.7. The molecule has 1 aliphatic heterocycles. The number of fused-ring (bicyclic) bond motifs is 1. The molecule has 3 aromatic rings. The quantitative estimate of drug-likeness (QED) is 0.370. The number of hydrogen-bond acceptors (Lipinski definition) is 5. The first-order chi connectivity index (χ1) is 18.2. The van der Waals surface area contributed by atoms with E-state index in [0.29, 0.717) is 22.4 Å². The minimum Gasteiger partial charge on any atom is -0.493 e. The van der Waals surface area contributed by atoms with Crippen molar-refractivity contribution in [2.24, 2.45) is 4.99 Å². The van der Waals surface area contributed by atoms with Gasteiger partial charge in [0.25, 0.3) is 0 Å². The van der Waals surface area contributed by atoms with Crippen molar-refractivity contribution < 1.29 is 31.1 Å². The van der Waals surface area contributed by atoms with Crippen LogP contribution in [-0.2, 0) is 21.0 Å². The number of amides is 1. The number of nitrogens with one attached hydrogen (secondary N) is 2. The average molecular weight is 560 g/mol. The second-order valence-electron chi connectivity index (χ2n) is 10.0. The Hall–Kier alpha value is -3.70. The summed E-state index contributed by atoms with van der Waals surface area (Å²) < 4.78 is 74.3. The lowest BCUT2D eigenvalue weighted by Crippen LogP contribution is -2.40. The van der Waals surface area contributed by atoms with Gasteiger partial charge >= 0.3 is 6.18 Å². The van der Waals surface area contributed by atoms with Crippen LogP contribution < -0.4 is 14.8 Å². The number of sulfonamides is 1. The molecule has 7 nitrogen and oxygen atoms in total. The molecule has 0 saturated heterocycles. The Kier molecular flexibility index (Phi) is 7.59. The smallest absolute Gasteiger partial charge is 0.420 e. The highest BCUT2D eigenvalue weighted by Gasteiger charge is 2.36. The van der Waals surface area contributed by atoms with E-state index < -0.39 is 33.2 Å². The van der Waals surface area contributed by atoms with Gasteiger partial charge in [0.1, 0.15) is 5.75 Å². The van der Waals surface area contributed by atoms with Gasteiger partial charge in [-0.25, -0.2) is 18.1 Å². The third-order valence-corrected chi connectivity index (χ3v) is 7.43. The van der Waals surface area contributed by atoms with Gasteiger partial charge in [-0.3, -0.25) is 4.79 Å². The average Bonchev–Trinajstić information content (AvgIpc) is 2.99. The number of carbonyl (C=O) groups excluding carboxylic acids is 1. The molecule has 0 spiro atoms. The van der Waals surface area contributed by atoms with Crippen LogP contribution in [0.3, 0.4) is 0 Å². The normalized spacial score (nSPS) is 14.2. The van der Waals surface area contributed by atoms with Crippen molar-refractivity contribution in [1.29, 1.82) is 0 Å². The molecule has 0 bridgehead atoms. The van der Waals surface area contributed by atoms with E-state index in [1.807, 2.05) is 0 Å². The van der Waals surface area contributed by atoms with Crippen molar-refractivity contribution >= 4 is 33.0 Å². The van der Waals surface area contributed by atoms with Crippen LogP contribution in [0.1, 0.15) is 45.2 Å². The highest BCUT2D eigenvalue weighted by molar-refractivity contribution is 7.89. The fourth-order valence-corrected chi connectivity index (χ4v) is 5.60. The number of alkyl halides is 3. The predicted molar refractivity (Wildman–Crippen MR) is 144 cm³/mol. The standard InChI is InChI=1S/C28H28F3N3O4S/c1-5-38-25-15-24-23(14-21(25)28(29,30)31)33-26(35)16-22(32-24)19-10-6-8-17(12-19)18-9-7-11-20(13-18)39(36,37)34-27(2,3)4/h6-15,34H,5,16H2,1-4H3,(H,33,35). The first-order valence-corrected chi connectivity index (χ1v) is 13.6. The Morgan fingerprint density at radius 2 is 1.62 bits per heavy atom. The zero-order valence-corrected chi connectivity index (χ0v) is 22.6. The molecule has 1 heterocycles. The predicted octanol–water partition coefficient (Wildman–Crippen LogP) is 6.31. The summed E-state index contributed by atoms with van der Waals surface area (Å²) in [6.45, 7) is 6.85. The number of nitrogens with zero attached hydrogens (tertiary/aromatic N) is 1. The topological polar surface area (TPSA) is 96.9 Å². The molecule has 0 saturated carbocycles. The highest BCUT2D eigenvalue weighted by Crippen LogP contribution is 2.43. The molecule has 3 aromatic carbocycles. The highest BCUT2D eigenvalue weighted by atomic mass is 32.2. The summed E-state index contributed by atoms with van der Waals surface area (Å²) in [7, 11) is -3.77. The van der Waals surface area contributed by atoms with Crippen LogP contribution in [0.5, 0.6) is 5.75 Å². The molecule has 0 aliphatic carbocycles. The zero-order valence-electron chi connectivity index (χ0n) is 21.8. The van der Waals surface area contributed by atoms with Crippen LogP contribution in [0.15, 0.2) is 70.6 Å². The molecule has 39 heavy (non-hydrogen) atoms. The van der Waals surface area contributed by atoms with E-state index in [9.17, 15) is 26.4 Å². The molecule has 4 rings (SSSR count). The van der Waals surface area contributed by atoms with E-state index in [-0.39, 0.29) is 35.0 Å². The Morgan fingerprint density at radius 3 is 2.26 bits per heavy atom. The third-order valence-electron chi connectivity index (χ3n) is 5.67. The monoisotopic (exact) mass is 559 g/mol. The first kappa shape index (κ1) is 28.3. The lowest BCUT2D eigenvalue weighted by molar-refractivity contribution is -0.138. The van der Waals surface area contributed by atoms with E-state index in [1.54, 1.807) is 70.2 Å². The minimum atomic E-state index is -4.68. The molecule has 0 radical (unpaired) electrons. The Labute approximate surface area is 225 Å². The maximum atomic E-state index is 13.6. The van der Waals surface area contributed by atoms with Crippen molar-refractivity contribution in [3.8, 4) is 16.9 Å². The Bertz CT molecular complexity index is 1560. The van der Waals surface area contributed by atoms with Gasteiger partial charge in [-0.2, -0.15) is 13.2 Å². The van der Waals surface area contributed by atoms with Gasteiger partial charge in [0, 0.05) is 11.6 Å². The van der Waals surface area contributed by atoms with Crippen molar-refractivity contribution in [3.05, 3.63) is 71.8 Å². The van der Waals surface area contributed by atoms with Crippen LogP contribution in [0, 0.1) is 0 Å². The van der Waals surface area contributed by atoms with Gasteiger partial charge in [-0.1, -0.05) is 30.3 Å². The number of halogens is 3. The molecular weight excluding hydrogens is 531 g/mol. The first-order valence-electron chi connectivity index (χ1n) is 12.2. The largest absolute Gasteiger partial charge is 0.493 e. The van der Waals surface area contributed by atoms with Crippen LogP contribution >= 0.6 is 0 Å². The number of rotatable bonds is 6. The Balaban J connectivity index is 1.76. The van der Waals surface area contributed by atoms with Gasteiger partial charge in [-0.15, -0.1) is 0 Å². The van der Waals surface area contributed by atoms with Crippen LogP contribution in [0.25, 0.3) is 11.1 Å². The summed E-state index contributed by atoms with van der Waals surface area (Å²) in [5, 5.41) is 2.51. The molecule has 1 aliphatic rings. The summed E-state index contributed by atoms with van der Waals surface area (Å²) >= 11 is 0. The summed E-state index contributed by atoms with van der Waals surface area (Å²) in [5.74, 6) is -0.893. The maximum absolute atomic E-state index is 13.6. The van der Waals surface area contributed by atoms with Crippen LogP contribution in [0.4, 0.5) is 24.5 Å². The van der Waals surface area contributed by atoms with Gasteiger partial charge in [0.2, 0.25) is 15.9 Å². The van der Waals surface area contributed by atoms with E-state index in [2.05, 4.69) is 15.0 Å². The molecule has 0 unspecified atom stereocenters. The summed E-state index contributed by atoms with van der Waals surface area (Å²) in [4.78, 5) is 17.3. The van der Waals surface area contributed by atoms with Gasteiger partial charge < -0.3 is 10.1 Å². The van der Waals surface area contributed by atoms with Gasteiger partial charge in [-0.05, 0) is 68.7 Å². The lowest BCUT2D eigenvalue weighted by atomic mass is 9.99. The summed E-state index contributed by atoms with van der Waals surface area (Å²) in [6.07, 6.45) is -4.85. The summed E-state index contributed by atoms with van der Waals surface area (Å²) in [6, 6.07) is 15.5. The number of hydrogen-bond donors (Lipinski definition) is 2. The number of anilines is 1. The second kappa shape index (κ2) is 10.5. The Morgan fingerprint density at radius 1 is 0.974 bits per heavy atom. The number of ether oxygens (including phenoxy) is 1. The van der Waals surface area contributed by atoms with E-state index in [4.69, 9.17) is 4.74 Å². The molecule has 0 fully saturated rings. The van der Waals surface area contributed by atoms with Gasteiger partial charge in [0.15, 0.2) is 0 Å². The molecule has 0 atom stereocenters. The van der Waals surface area contributed by atoms with E-state index >= 15 is 0 Å². The zero-order chi connectivity index (χ0) is 28.6. The van der Waals surface area contributed by atoms with Crippen molar-refractivity contribution in [2.45, 2.75) is 50.7 Å². The third kappa shape index (κ3) is 6.66. The van der Waals surface area contributed by atoms with Gasteiger partial charge in [0.05, 0.1) is 40.6 Å². The number of benzene rings is 3. The van der Waals surface area contributed by atoms with E-state index in [0.717, 1.165) is 6.07 Å². The van der Waals surface area contributed by atoms with Crippen molar-refractivity contribution in [3.63, 3.8) is 0 Å². The molecule has 2 N–H and O–H groups in total. The van der Waals surface area contributed by atoms with Crippen LogP contribution in [0.2, 0.25) is 0 Å². The molecule has 0 aromatic heterocycles. The summed E-state index contributed by atoms with van der Waals surface area (Å²) in [5.41, 5.74) is 0.621. The fourth-order valence-electron chi connectivity index (χ4n) is 4.14. The molecule has 11 heteroatoms. The molecule has 1 amide bonds. The number of aliphatic imine (C=N–C) groups is 1. The number of carbonyl (C=O) groups is 1. The van der Waals surface area contributed by atoms with Crippen molar-refractivity contribution in [2.75, 3.05) is 11.9 Å². The lowest BCUT2D eigenvalue weighted by Gasteiger charge is -2.20. The fraction of sp³-hybridized carbons (Fsp3) is 0.286. The van der Waals surface area contributed by atoms with Crippen molar-refractivity contribution in [1.82, 2.24) is 4.72 Å². The minimum absolute atomic E-state index is 0.0207. The van der Waals surface area contributed by atoms with Crippen LogP contribution in [-0.4, -0.2) is 32.2 Å². The maximum Gasteiger partial charge on any atom is 0.420 e.